The zero-order valence-electron chi connectivity index (χ0n) is 6.59. The van der Waals surface area contributed by atoms with E-state index in [9.17, 15) is 0 Å². The molecule has 3 nitrogen and oxygen atoms in total. The van der Waals surface area contributed by atoms with E-state index in [4.69, 9.17) is 11.6 Å². The smallest absolute Gasteiger partial charge is 0.205 e. The molecule has 66 valence electrons. The summed E-state index contributed by atoms with van der Waals surface area (Å²) in [4.78, 5) is 0. The van der Waals surface area contributed by atoms with Gasteiger partial charge in [0.1, 0.15) is 5.51 Å². The van der Waals surface area contributed by atoms with E-state index in [1.807, 2.05) is 0 Å². The molecule has 12 heavy (non-hydrogen) atoms. The summed E-state index contributed by atoms with van der Waals surface area (Å²) in [7, 11) is 0. The first-order valence-electron chi connectivity index (χ1n) is 3.91. The predicted molar refractivity (Wildman–Crippen MR) is 50.8 cm³/mol. The van der Waals surface area contributed by atoms with Crippen LogP contribution in [0.15, 0.2) is 5.51 Å². The fourth-order valence-electron chi connectivity index (χ4n) is 1.05. The van der Waals surface area contributed by atoms with Crippen molar-refractivity contribution in [3.05, 3.63) is 5.51 Å². The summed E-state index contributed by atoms with van der Waals surface area (Å²) in [5.41, 5.74) is 2.08. The van der Waals surface area contributed by atoms with Gasteiger partial charge >= 0.3 is 0 Å². The van der Waals surface area contributed by atoms with E-state index in [1.165, 1.54) is 24.2 Å². The molecule has 5 heteroatoms. The van der Waals surface area contributed by atoms with E-state index >= 15 is 0 Å². The molecule has 1 fully saturated rings. The SMILES string of the molecule is ClCC1(CNc2nncs2)CC1. The molecule has 0 amide bonds. The molecule has 0 atom stereocenters. The second-order valence-corrected chi connectivity index (χ2v) is 4.33. The van der Waals surface area contributed by atoms with Crippen LogP contribution in [0, 0.1) is 5.41 Å². The standard InChI is InChI=1S/C7H10ClN3S/c8-3-7(1-2-7)4-9-6-11-10-5-12-6/h5H,1-4H2,(H,9,11). The number of hydrogen-bond donors (Lipinski definition) is 1. The van der Waals surface area contributed by atoms with Gasteiger partial charge in [-0.2, -0.15) is 0 Å². The Morgan fingerprint density at radius 3 is 3.00 bits per heavy atom. The molecule has 0 aliphatic heterocycles. The zero-order chi connectivity index (χ0) is 8.44. The maximum Gasteiger partial charge on any atom is 0.205 e. The van der Waals surface area contributed by atoms with Crippen LogP contribution in [-0.2, 0) is 0 Å². The van der Waals surface area contributed by atoms with Crippen LogP contribution in [-0.4, -0.2) is 22.6 Å². The molecule has 1 N–H and O–H groups in total. The molecule has 0 unspecified atom stereocenters. The highest BCUT2D eigenvalue weighted by molar-refractivity contribution is 7.13. The largest absolute Gasteiger partial charge is 0.359 e. The number of hydrogen-bond acceptors (Lipinski definition) is 4. The molecule has 0 aromatic carbocycles. The lowest BCUT2D eigenvalue weighted by atomic mass is 10.1. The van der Waals surface area contributed by atoms with Crippen molar-refractivity contribution < 1.29 is 0 Å². The van der Waals surface area contributed by atoms with Crippen molar-refractivity contribution >= 4 is 28.1 Å². The Kier molecular flexibility index (Phi) is 2.19. The Labute approximate surface area is 80.2 Å². The summed E-state index contributed by atoms with van der Waals surface area (Å²) in [5.74, 6) is 0.749. The first-order valence-corrected chi connectivity index (χ1v) is 5.32. The van der Waals surface area contributed by atoms with Crippen molar-refractivity contribution in [1.29, 1.82) is 0 Å². The number of anilines is 1. The van der Waals surface area contributed by atoms with E-state index in [0.717, 1.165) is 17.6 Å². The van der Waals surface area contributed by atoms with Crippen molar-refractivity contribution in [3.63, 3.8) is 0 Å². The molecule has 1 heterocycles. The predicted octanol–water partition coefficient (Wildman–Crippen LogP) is 1.97. The van der Waals surface area contributed by atoms with Crippen molar-refractivity contribution in [2.45, 2.75) is 12.8 Å². The van der Waals surface area contributed by atoms with Gasteiger partial charge < -0.3 is 5.32 Å². The summed E-state index contributed by atoms with van der Waals surface area (Å²) in [6, 6.07) is 0. The zero-order valence-corrected chi connectivity index (χ0v) is 8.16. The van der Waals surface area contributed by atoms with Crippen LogP contribution in [0.4, 0.5) is 5.13 Å². The maximum absolute atomic E-state index is 5.82. The van der Waals surface area contributed by atoms with Crippen molar-refractivity contribution in [1.82, 2.24) is 10.2 Å². The van der Waals surface area contributed by atoms with Gasteiger partial charge in [-0.05, 0) is 12.8 Å². The van der Waals surface area contributed by atoms with Gasteiger partial charge in [-0.25, -0.2) is 0 Å². The highest BCUT2D eigenvalue weighted by Gasteiger charge is 2.41. The minimum atomic E-state index is 0.354. The number of alkyl halides is 1. The number of rotatable bonds is 4. The van der Waals surface area contributed by atoms with Gasteiger partial charge in [0, 0.05) is 17.8 Å². The minimum absolute atomic E-state index is 0.354. The Bertz CT molecular complexity index is 245. The fraction of sp³-hybridized carbons (Fsp3) is 0.714. The third-order valence-electron chi connectivity index (χ3n) is 2.22. The summed E-state index contributed by atoms with van der Waals surface area (Å²) >= 11 is 7.35. The average molecular weight is 204 g/mol. The third-order valence-corrected chi connectivity index (χ3v) is 3.43. The van der Waals surface area contributed by atoms with Crippen LogP contribution in [0.3, 0.4) is 0 Å². The molecule has 0 spiro atoms. The number of nitrogens with one attached hydrogen (secondary N) is 1. The average Bonchev–Trinajstić information content (AvgIpc) is 2.70. The van der Waals surface area contributed by atoms with E-state index < -0.39 is 0 Å². The Morgan fingerprint density at radius 1 is 1.67 bits per heavy atom. The number of aromatic nitrogens is 2. The molecular formula is C7H10ClN3S. The lowest BCUT2D eigenvalue weighted by Crippen LogP contribution is -2.16. The maximum atomic E-state index is 5.82. The highest BCUT2D eigenvalue weighted by atomic mass is 35.5. The summed E-state index contributed by atoms with van der Waals surface area (Å²) in [5, 5.41) is 11.8. The van der Waals surface area contributed by atoms with Gasteiger partial charge in [-0.1, -0.05) is 11.3 Å². The van der Waals surface area contributed by atoms with Crippen molar-refractivity contribution in [2.75, 3.05) is 17.7 Å². The fourth-order valence-corrected chi connectivity index (χ4v) is 1.85. The Balaban J connectivity index is 1.83. The second-order valence-electron chi connectivity index (χ2n) is 3.23. The lowest BCUT2D eigenvalue weighted by molar-refractivity contribution is 0.618. The van der Waals surface area contributed by atoms with E-state index in [0.29, 0.717) is 5.41 Å². The number of halogens is 1. The quantitative estimate of drug-likeness (QED) is 0.761. The molecule has 0 radical (unpaired) electrons. The highest BCUT2D eigenvalue weighted by Crippen LogP contribution is 2.46. The molecule has 1 aromatic heterocycles. The van der Waals surface area contributed by atoms with Gasteiger partial charge in [-0.15, -0.1) is 21.8 Å². The van der Waals surface area contributed by atoms with Crippen LogP contribution in [0.5, 0.6) is 0 Å². The molecular weight excluding hydrogens is 194 g/mol. The summed E-state index contributed by atoms with van der Waals surface area (Å²) in [6.45, 7) is 0.936. The molecule has 1 aromatic rings. The molecule has 1 saturated carbocycles. The van der Waals surface area contributed by atoms with Crippen LogP contribution in [0.1, 0.15) is 12.8 Å². The monoisotopic (exact) mass is 203 g/mol. The minimum Gasteiger partial charge on any atom is -0.359 e. The van der Waals surface area contributed by atoms with Gasteiger partial charge in [-0.3, -0.25) is 0 Å². The van der Waals surface area contributed by atoms with Gasteiger partial charge in [0.05, 0.1) is 0 Å². The van der Waals surface area contributed by atoms with Crippen molar-refractivity contribution in [3.8, 4) is 0 Å². The summed E-state index contributed by atoms with van der Waals surface area (Å²) < 4.78 is 0. The molecule has 1 aliphatic carbocycles. The van der Waals surface area contributed by atoms with Crippen LogP contribution in [0.2, 0.25) is 0 Å². The Hall–Kier alpha value is -0.350. The van der Waals surface area contributed by atoms with Crippen LogP contribution < -0.4 is 5.32 Å². The third kappa shape index (κ3) is 1.69. The lowest BCUT2D eigenvalue weighted by Gasteiger charge is -2.10. The van der Waals surface area contributed by atoms with Crippen molar-refractivity contribution in [2.24, 2.45) is 5.41 Å². The molecule has 2 rings (SSSR count). The topological polar surface area (TPSA) is 37.8 Å². The van der Waals surface area contributed by atoms with E-state index in [2.05, 4.69) is 15.5 Å². The Morgan fingerprint density at radius 2 is 2.50 bits per heavy atom. The van der Waals surface area contributed by atoms with E-state index in [-0.39, 0.29) is 0 Å². The summed E-state index contributed by atoms with van der Waals surface area (Å²) in [6.07, 6.45) is 2.48. The van der Waals surface area contributed by atoms with Gasteiger partial charge in [0.2, 0.25) is 5.13 Å². The first-order chi connectivity index (χ1) is 5.85. The molecule has 1 aliphatic rings. The molecule has 0 bridgehead atoms. The first kappa shape index (κ1) is 8.26. The normalized spacial score (nSPS) is 19.1. The van der Waals surface area contributed by atoms with Gasteiger partial charge in [0.15, 0.2) is 0 Å². The van der Waals surface area contributed by atoms with Crippen LogP contribution >= 0.6 is 22.9 Å². The number of nitrogens with zero attached hydrogens (tertiary/aromatic N) is 2. The second kappa shape index (κ2) is 3.18. The van der Waals surface area contributed by atoms with Gasteiger partial charge in [0.25, 0.3) is 0 Å². The van der Waals surface area contributed by atoms with Crippen LogP contribution in [0.25, 0.3) is 0 Å². The molecule has 0 saturated heterocycles. The van der Waals surface area contributed by atoms with E-state index in [1.54, 1.807) is 5.51 Å².